The van der Waals surface area contributed by atoms with E-state index >= 15 is 0 Å². The van der Waals surface area contributed by atoms with Gasteiger partial charge in [-0.3, -0.25) is 0 Å². The molecule has 0 aliphatic rings. The van der Waals surface area contributed by atoms with E-state index in [9.17, 15) is 5.11 Å². The van der Waals surface area contributed by atoms with Crippen LogP contribution in [0, 0.1) is 6.92 Å². The molecule has 1 aromatic carbocycles. The van der Waals surface area contributed by atoms with Crippen molar-refractivity contribution in [1.82, 2.24) is 0 Å². The molecule has 0 saturated carbocycles. The standard InChI is InChI=1S/C10H16N2O/c1-6-3-8(5-9(11)4-6)10(12)7(2)13/h3-5,7,10,13H,11-12H2,1-2H3/t7-,10-/m0/s1. The number of hydrogen-bond acceptors (Lipinski definition) is 3. The Kier molecular flexibility index (Phi) is 2.90. The predicted octanol–water partition coefficient (Wildman–Crippen LogP) is 0.958. The van der Waals surface area contributed by atoms with Gasteiger partial charge in [-0.1, -0.05) is 6.07 Å². The summed E-state index contributed by atoms with van der Waals surface area (Å²) in [6.07, 6.45) is -0.554. The maximum atomic E-state index is 9.29. The highest BCUT2D eigenvalue weighted by molar-refractivity contribution is 5.45. The van der Waals surface area contributed by atoms with Crippen LogP contribution in [-0.2, 0) is 0 Å². The molecule has 0 unspecified atom stereocenters. The molecule has 1 aromatic rings. The van der Waals surface area contributed by atoms with Crippen molar-refractivity contribution in [3.05, 3.63) is 29.3 Å². The number of nitrogen functional groups attached to an aromatic ring is 1. The van der Waals surface area contributed by atoms with Gasteiger partial charge in [0.1, 0.15) is 0 Å². The number of benzene rings is 1. The summed E-state index contributed by atoms with van der Waals surface area (Å²) in [5.74, 6) is 0. The highest BCUT2D eigenvalue weighted by Gasteiger charge is 2.12. The number of rotatable bonds is 2. The molecule has 1 rings (SSSR count). The van der Waals surface area contributed by atoms with Crippen LogP contribution in [0.15, 0.2) is 18.2 Å². The SMILES string of the molecule is Cc1cc(N)cc([C@@H](N)[C@H](C)O)c1. The normalized spacial score (nSPS) is 15.4. The van der Waals surface area contributed by atoms with Crippen molar-refractivity contribution in [2.24, 2.45) is 5.73 Å². The van der Waals surface area contributed by atoms with E-state index in [1.54, 1.807) is 13.0 Å². The van der Waals surface area contributed by atoms with Crippen LogP contribution in [0.4, 0.5) is 5.69 Å². The smallest absolute Gasteiger partial charge is 0.0704 e. The number of aliphatic hydroxyl groups excluding tert-OH is 1. The van der Waals surface area contributed by atoms with Gasteiger partial charge in [0.25, 0.3) is 0 Å². The summed E-state index contributed by atoms with van der Waals surface area (Å²) in [5, 5.41) is 9.29. The summed E-state index contributed by atoms with van der Waals surface area (Å²) in [6, 6.07) is 5.25. The van der Waals surface area contributed by atoms with E-state index in [2.05, 4.69) is 0 Å². The monoisotopic (exact) mass is 180 g/mol. The zero-order valence-corrected chi connectivity index (χ0v) is 7.99. The third-order valence-corrected chi connectivity index (χ3v) is 2.03. The van der Waals surface area contributed by atoms with Gasteiger partial charge in [-0.25, -0.2) is 0 Å². The summed E-state index contributed by atoms with van der Waals surface area (Å²) in [5.41, 5.74) is 14.1. The number of aliphatic hydroxyl groups is 1. The van der Waals surface area contributed by atoms with E-state index in [0.717, 1.165) is 11.1 Å². The molecular weight excluding hydrogens is 164 g/mol. The van der Waals surface area contributed by atoms with E-state index < -0.39 is 6.10 Å². The maximum Gasteiger partial charge on any atom is 0.0704 e. The van der Waals surface area contributed by atoms with E-state index in [-0.39, 0.29) is 6.04 Å². The summed E-state index contributed by atoms with van der Waals surface area (Å²) in [6.45, 7) is 3.62. The summed E-state index contributed by atoms with van der Waals surface area (Å²) < 4.78 is 0. The van der Waals surface area contributed by atoms with Crippen LogP contribution in [-0.4, -0.2) is 11.2 Å². The first kappa shape index (κ1) is 10.0. The lowest BCUT2D eigenvalue weighted by molar-refractivity contribution is 0.164. The van der Waals surface area contributed by atoms with Gasteiger partial charge in [-0.05, 0) is 37.1 Å². The maximum absolute atomic E-state index is 9.29. The highest BCUT2D eigenvalue weighted by atomic mass is 16.3. The zero-order chi connectivity index (χ0) is 10.0. The van der Waals surface area contributed by atoms with Crippen molar-refractivity contribution in [3.8, 4) is 0 Å². The molecule has 0 spiro atoms. The van der Waals surface area contributed by atoms with Gasteiger partial charge in [0.2, 0.25) is 0 Å². The molecule has 0 aliphatic heterocycles. The molecule has 3 heteroatoms. The number of anilines is 1. The average molecular weight is 180 g/mol. The van der Waals surface area contributed by atoms with Gasteiger partial charge in [-0.15, -0.1) is 0 Å². The fourth-order valence-electron chi connectivity index (χ4n) is 1.31. The molecular formula is C10H16N2O. The van der Waals surface area contributed by atoms with Crippen LogP contribution in [0.2, 0.25) is 0 Å². The molecule has 0 radical (unpaired) electrons. The molecule has 3 nitrogen and oxygen atoms in total. The summed E-state index contributed by atoms with van der Waals surface area (Å²) in [4.78, 5) is 0. The van der Waals surface area contributed by atoms with Gasteiger partial charge in [0.15, 0.2) is 0 Å². The topological polar surface area (TPSA) is 72.3 Å². The van der Waals surface area contributed by atoms with Crippen LogP contribution in [0.5, 0.6) is 0 Å². The molecule has 72 valence electrons. The third kappa shape index (κ3) is 2.44. The second-order valence-electron chi connectivity index (χ2n) is 3.44. The number of hydrogen-bond donors (Lipinski definition) is 3. The van der Waals surface area contributed by atoms with Crippen LogP contribution in [0.3, 0.4) is 0 Å². The fourth-order valence-corrected chi connectivity index (χ4v) is 1.31. The minimum absolute atomic E-state index is 0.359. The Morgan fingerprint density at radius 2 is 1.92 bits per heavy atom. The van der Waals surface area contributed by atoms with Crippen molar-refractivity contribution in [1.29, 1.82) is 0 Å². The van der Waals surface area contributed by atoms with Crippen LogP contribution in [0.25, 0.3) is 0 Å². The van der Waals surface area contributed by atoms with E-state index in [1.165, 1.54) is 0 Å². The quantitative estimate of drug-likeness (QED) is 0.593. The number of aryl methyl sites for hydroxylation is 1. The van der Waals surface area contributed by atoms with Crippen molar-refractivity contribution in [2.45, 2.75) is 26.0 Å². The van der Waals surface area contributed by atoms with Gasteiger partial charge in [0, 0.05) is 5.69 Å². The van der Waals surface area contributed by atoms with Gasteiger partial charge in [-0.2, -0.15) is 0 Å². The Morgan fingerprint density at radius 3 is 2.38 bits per heavy atom. The first-order valence-electron chi connectivity index (χ1n) is 4.31. The molecule has 0 amide bonds. The lowest BCUT2D eigenvalue weighted by atomic mass is 10.0. The average Bonchev–Trinajstić information content (AvgIpc) is 2.01. The summed E-state index contributed by atoms with van der Waals surface area (Å²) in [7, 11) is 0. The molecule has 0 bridgehead atoms. The van der Waals surface area contributed by atoms with E-state index in [0.29, 0.717) is 5.69 Å². The second kappa shape index (κ2) is 3.77. The minimum Gasteiger partial charge on any atom is -0.399 e. The molecule has 0 heterocycles. The largest absolute Gasteiger partial charge is 0.399 e. The molecule has 0 fully saturated rings. The Labute approximate surface area is 78.4 Å². The first-order valence-corrected chi connectivity index (χ1v) is 4.31. The Morgan fingerprint density at radius 1 is 1.31 bits per heavy atom. The Balaban J connectivity index is 3.01. The molecule has 5 N–H and O–H groups in total. The highest BCUT2D eigenvalue weighted by Crippen LogP contribution is 2.18. The van der Waals surface area contributed by atoms with Crippen molar-refractivity contribution in [2.75, 3.05) is 5.73 Å². The first-order chi connectivity index (χ1) is 6.00. The predicted molar refractivity (Wildman–Crippen MR) is 54.2 cm³/mol. The lowest BCUT2D eigenvalue weighted by Gasteiger charge is -2.16. The van der Waals surface area contributed by atoms with E-state index in [4.69, 9.17) is 11.5 Å². The van der Waals surface area contributed by atoms with Crippen molar-refractivity contribution < 1.29 is 5.11 Å². The fraction of sp³-hybridized carbons (Fsp3) is 0.400. The lowest BCUT2D eigenvalue weighted by Crippen LogP contribution is -2.23. The van der Waals surface area contributed by atoms with Crippen LogP contribution < -0.4 is 11.5 Å². The van der Waals surface area contributed by atoms with Crippen LogP contribution in [0.1, 0.15) is 24.1 Å². The second-order valence-corrected chi connectivity index (χ2v) is 3.44. The molecule has 13 heavy (non-hydrogen) atoms. The van der Waals surface area contributed by atoms with Crippen LogP contribution >= 0.6 is 0 Å². The van der Waals surface area contributed by atoms with Crippen molar-refractivity contribution >= 4 is 5.69 Å². The number of nitrogens with two attached hydrogens (primary N) is 2. The van der Waals surface area contributed by atoms with E-state index in [1.807, 2.05) is 19.1 Å². The Hall–Kier alpha value is -1.06. The van der Waals surface area contributed by atoms with Gasteiger partial charge in [0.05, 0.1) is 12.1 Å². The summed E-state index contributed by atoms with van der Waals surface area (Å²) >= 11 is 0. The van der Waals surface area contributed by atoms with Gasteiger partial charge < -0.3 is 16.6 Å². The molecule has 0 saturated heterocycles. The molecule has 0 aromatic heterocycles. The Bertz CT molecular complexity index is 277. The molecule has 2 atom stereocenters. The zero-order valence-electron chi connectivity index (χ0n) is 7.99. The van der Waals surface area contributed by atoms with Gasteiger partial charge >= 0.3 is 0 Å². The van der Waals surface area contributed by atoms with Crippen molar-refractivity contribution in [3.63, 3.8) is 0 Å². The molecule has 0 aliphatic carbocycles. The third-order valence-electron chi connectivity index (χ3n) is 2.03. The minimum atomic E-state index is -0.554.